The third-order valence-electron chi connectivity index (χ3n) is 10.1. The van der Waals surface area contributed by atoms with E-state index >= 15 is 0 Å². The molecule has 0 aromatic heterocycles. The highest BCUT2D eigenvalue weighted by Crippen LogP contribution is 2.16. The van der Waals surface area contributed by atoms with Crippen molar-refractivity contribution in [1.82, 2.24) is 0 Å². The van der Waals surface area contributed by atoms with Gasteiger partial charge in [-0.25, -0.2) is 0 Å². The molecule has 53 heavy (non-hydrogen) atoms. The summed E-state index contributed by atoms with van der Waals surface area (Å²) in [6, 6.07) is 0. The predicted octanol–water partition coefficient (Wildman–Crippen LogP) is 13.2. The molecular formula is C45H84O8. The summed E-state index contributed by atoms with van der Waals surface area (Å²) in [5.74, 6) is -1.77. The van der Waals surface area contributed by atoms with Crippen LogP contribution >= 0.6 is 0 Å². The molecule has 8 nitrogen and oxygen atoms in total. The molecule has 8 heteroatoms. The van der Waals surface area contributed by atoms with Crippen LogP contribution in [0.4, 0.5) is 0 Å². The molecule has 0 atom stereocenters. The fraction of sp³-hybridized carbons (Fsp3) is 0.911. The van der Waals surface area contributed by atoms with Gasteiger partial charge < -0.3 is 19.3 Å². The summed E-state index contributed by atoms with van der Waals surface area (Å²) in [6.45, 7) is 4.28. The highest BCUT2D eigenvalue weighted by molar-refractivity contribution is 5.71. The highest BCUT2D eigenvalue weighted by Gasteiger charge is 2.19. The molecule has 0 bridgehead atoms. The van der Waals surface area contributed by atoms with Crippen molar-refractivity contribution in [2.45, 2.75) is 251 Å². The van der Waals surface area contributed by atoms with E-state index in [0.717, 1.165) is 64.2 Å². The highest BCUT2D eigenvalue weighted by atomic mass is 16.6. The zero-order chi connectivity index (χ0) is 38.9. The Bertz CT molecular complexity index is 798. The number of hydrogen-bond acceptors (Lipinski definition) is 7. The molecule has 0 saturated carbocycles. The van der Waals surface area contributed by atoms with E-state index in [9.17, 15) is 19.2 Å². The van der Waals surface area contributed by atoms with Crippen LogP contribution in [0.5, 0.6) is 0 Å². The van der Waals surface area contributed by atoms with Gasteiger partial charge in [0, 0.05) is 25.7 Å². The quantitative estimate of drug-likeness (QED) is 0.0372. The van der Waals surface area contributed by atoms with Crippen LogP contribution in [0.3, 0.4) is 0 Å². The summed E-state index contributed by atoms with van der Waals surface area (Å²) in [4.78, 5) is 48.2. The molecule has 0 aromatic rings. The van der Waals surface area contributed by atoms with Gasteiger partial charge >= 0.3 is 23.9 Å². The number of esters is 3. The first kappa shape index (κ1) is 50.9. The molecule has 0 amide bonds. The van der Waals surface area contributed by atoms with Crippen LogP contribution in [0.15, 0.2) is 0 Å². The first-order valence-electron chi connectivity index (χ1n) is 22.6. The van der Waals surface area contributed by atoms with Gasteiger partial charge in [0.05, 0.1) is 0 Å². The van der Waals surface area contributed by atoms with Crippen LogP contribution in [0.25, 0.3) is 0 Å². The fourth-order valence-electron chi connectivity index (χ4n) is 6.70. The molecule has 0 heterocycles. The fourth-order valence-corrected chi connectivity index (χ4v) is 6.70. The number of hydrogen-bond donors (Lipinski definition) is 1. The molecule has 0 aliphatic heterocycles. The monoisotopic (exact) mass is 753 g/mol. The van der Waals surface area contributed by atoms with Crippen molar-refractivity contribution in [2.75, 3.05) is 13.2 Å². The van der Waals surface area contributed by atoms with E-state index in [1.165, 1.54) is 128 Å². The lowest BCUT2D eigenvalue weighted by molar-refractivity contribution is -0.167. The zero-order valence-electron chi connectivity index (χ0n) is 34.8. The lowest BCUT2D eigenvalue weighted by Crippen LogP contribution is -2.30. The number of carboxylic acids is 1. The molecule has 0 spiro atoms. The summed E-state index contributed by atoms with van der Waals surface area (Å²) in [5, 5.41) is 8.75. The van der Waals surface area contributed by atoms with Gasteiger partial charge in [0.1, 0.15) is 13.2 Å². The second-order valence-corrected chi connectivity index (χ2v) is 15.5. The number of unbranched alkanes of at least 4 members (excludes halogenated alkanes) is 29. The van der Waals surface area contributed by atoms with Crippen LogP contribution in [0.2, 0.25) is 0 Å². The number of carbonyl (C=O) groups excluding carboxylic acids is 3. The normalized spacial score (nSPS) is 11.2. The topological polar surface area (TPSA) is 116 Å². The first-order chi connectivity index (χ1) is 25.9. The van der Waals surface area contributed by atoms with E-state index < -0.39 is 12.1 Å². The first-order valence-corrected chi connectivity index (χ1v) is 22.6. The summed E-state index contributed by atoms with van der Waals surface area (Å²) in [6.07, 6.45) is 37.5. The zero-order valence-corrected chi connectivity index (χ0v) is 34.8. The Morgan fingerprint density at radius 1 is 0.358 bits per heavy atom. The van der Waals surface area contributed by atoms with Crippen LogP contribution in [-0.2, 0) is 33.4 Å². The Labute approximate surface area is 326 Å². The molecule has 0 radical (unpaired) electrons. The van der Waals surface area contributed by atoms with Gasteiger partial charge in [0.15, 0.2) is 6.10 Å². The minimum absolute atomic E-state index is 0.112. The van der Waals surface area contributed by atoms with Gasteiger partial charge in [-0.1, -0.05) is 194 Å². The second-order valence-electron chi connectivity index (χ2n) is 15.5. The largest absolute Gasteiger partial charge is 0.481 e. The van der Waals surface area contributed by atoms with Crippen molar-refractivity contribution in [3.05, 3.63) is 0 Å². The number of ether oxygens (including phenoxy) is 3. The van der Waals surface area contributed by atoms with Crippen molar-refractivity contribution in [3.8, 4) is 0 Å². The molecule has 0 aliphatic carbocycles. The van der Waals surface area contributed by atoms with Gasteiger partial charge in [-0.05, 0) is 25.7 Å². The van der Waals surface area contributed by atoms with E-state index in [0.29, 0.717) is 25.7 Å². The predicted molar refractivity (Wildman–Crippen MR) is 217 cm³/mol. The van der Waals surface area contributed by atoms with Gasteiger partial charge in [-0.3, -0.25) is 19.2 Å². The smallest absolute Gasteiger partial charge is 0.306 e. The molecule has 1 N–H and O–H groups in total. The number of carbonyl (C=O) groups is 4. The van der Waals surface area contributed by atoms with Crippen LogP contribution < -0.4 is 0 Å². The Kier molecular flexibility index (Phi) is 39.4. The van der Waals surface area contributed by atoms with E-state index in [1.807, 2.05) is 0 Å². The maximum Gasteiger partial charge on any atom is 0.306 e. The van der Waals surface area contributed by atoms with Crippen molar-refractivity contribution in [2.24, 2.45) is 0 Å². The van der Waals surface area contributed by atoms with Gasteiger partial charge in [0.25, 0.3) is 0 Å². The molecule has 0 aliphatic rings. The molecule has 0 aromatic carbocycles. The third kappa shape index (κ3) is 40.9. The Hall–Kier alpha value is -2.12. The van der Waals surface area contributed by atoms with Crippen molar-refractivity contribution in [3.63, 3.8) is 0 Å². The maximum atomic E-state index is 12.6. The molecule has 0 saturated heterocycles. The van der Waals surface area contributed by atoms with E-state index in [1.54, 1.807) is 0 Å². The lowest BCUT2D eigenvalue weighted by atomic mass is 10.0. The average molecular weight is 753 g/mol. The maximum absolute atomic E-state index is 12.6. The summed E-state index contributed by atoms with van der Waals surface area (Å²) >= 11 is 0. The minimum atomic E-state index is -0.815. The summed E-state index contributed by atoms with van der Waals surface area (Å²) < 4.78 is 16.6. The average Bonchev–Trinajstić information content (AvgIpc) is 3.14. The second kappa shape index (κ2) is 41.1. The SMILES string of the molecule is CCCCCCCCCCCCCCCC(=O)OCC(COC(=O)CCCCCCCCCCCCCCC)OC(=O)CCCCCCCCC(=O)O. The summed E-state index contributed by atoms with van der Waals surface area (Å²) in [7, 11) is 0. The number of rotatable bonds is 42. The molecule has 0 fully saturated rings. The Balaban J connectivity index is 4.29. The minimum Gasteiger partial charge on any atom is -0.481 e. The van der Waals surface area contributed by atoms with E-state index in [-0.39, 0.29) is 44.0 Å². The Morgan fingerprint density at radius 3 is 0.887 bits per heavy atom. The van der Waals surface area contributed by atoms with Gasteiger partial charge in [-0.2, -0.15) is 0 Å². The van der Waals surface area contributed by atoms with Crippen LogP contribution in [0.1, 0.15) is 245 Å². The number of aliphatic carboxylic acids is 1. The van der Waals surface area contributed by atoms with Crippen molar-refractivity contribution in [1.29, 1.82) is 0 Å². The molecular weight excluding hydrogens is 668 g/mol. The van der Waals surface area contributed by atoms with Crippen LogP contribution in [-0.4, -0.2) is 48.3 Å². The molecule has 312 valence electrons. The van der Waals surface area contributed by atoms with Crippen molar-refractivity contribution >= 4 is 23.9 Å². The van der Waals surface area contributed by atoms with Gasteiger partial charge in [-0.15, -0.1) is 0 Å². The van der Waals surface area contributed by atoms with E-state index in [2.05, 4.69) is 13.8 Å². The van der Waals surface area contributed by atoms with Crippen molar-refractivity contribution < 1.29 is 38.5 Å². The standard InChI is InChI=1S/C45H84O8/c1-3-5-7-9-11-13-15-17-19-21-23-28-32-36-43(48)51-39-41(53-45(50)38-34-30-26-25-27-31-35-42(46)47)40-52-44(49)37-33-29-24-22-20-18-16-14-12-10-8-6-4-2/h41H,3-40H2,1-2H3,(H,46,47). The van der Waals surface area contributed by atoms with Crippen LogP contribution in [0, 0.1) is 0 Å². The Morgan fingerprint density at radius 2 is 0.604 bits per heavy atom. The third-order valence-corrected chi connectivity index (χ3v) is 10.1. The number of carboxylic acid groups (broad SMARTS) is 1. The molecule has 0 unspecified atom stereocenters. The molecule has 0 rings (SSSR count). The van der Waals surface area contributed by atoms with Gasteiger partial charge in [0.2, 0.25) is 0 Å². The van der Waals surface area contributed by atoms with E-state index in [4.69, 9.17) is 19.3 Å². The summed E-state index contributed by atoms with van der Waals surface area (Å²) in [5.41, 5.74) is 0. The lowest BCUT2D eigenvalue weighted by Gasteiger charge is -2.18.